The van der Waals surface area contributed by atoms with E-state index in [0.29, 0.717) is 23.4 Å². The van der Waals surface area contributed by atoms with E-state index >= 15 is 0 Å². The number of hydrogen-bond acceptors (Lipinski definition) is 9. The molecular weight excluding hydrogens is 444 g/mol. The average Bonchev–Trinajstić information content (AvgIpc) is 3.37. The van der Waals surface area contributed by atoms with E-state index < -0.39 is 0 Å². The van der Waals surface area contributed by atoms with E-state index in [-0.39, 0.29) is 17.6 Å². The summed E-state index contributed by atoms with van der Waals surface area (Å²) in [5.41, 5.74) is 9.26. The summed E-state index contributed by atoms with van der Waals surface area (Å²) in [4.78, 5) is 30.5. The van der Waals surface area contributed by atoms with Gasteiger partial charge in [0.1, 0.15) is 0 Å². The lowest BCUT2D eigenvalue weighted by molar-refractivity contribution is 0.362. The predicted octanol–water partition coefficient (Wildman–Crippen LogP) is 2.63. The number of hydrogen-bond donors (Lipinski definition) is 1. The highest BCUT2D eigenvalue weighted by Crippen LogP contribution is 2.26. The number of aromatic nitrogens is 5. The van der Waals surface area contributed by atoms with Crippen LogP contribution < -0.4 is 21.1 Å². The van der Waals surface area contributed by atoms with Crippen LogP contribution in [0.15, 0.2) is 64.2 Å². The molecule has 4 aromatic rings. The summed E-state index contributed by atoms with van der Waals surface area (Å²) in [6.45, 7) is 6.30. The average molecular weight is 473 g/mol. The van der Waals surface area contributed by atoms with Crippen molar-refractivity contribution < 1.29 is 4.52 Å². The lowest BCUT2D eigenvalue weighted by atomic mass is 10.1. The molecule has 0 spiro atoms. The van der Waals surface area contributed by atoms with Gasteiger partial charge in [-0.05, 0) is 50.2 Å². The predicted molar refractivity (Wildman–Crippen MR) is 134 cm³/mol. The Hall–Kier alpha value is -4.05. The molecule has 1 unspecified atom stereocenters. The van der Waals surface area contributed by atoms with Gasteiger partial charge in [-0.1, -0.05) is 5.16 Å². The quantitative estimate of drug-likeness (QED) is 0.467. The van der Waals surface area contributed by atoms with Gasteiger partial charge in [-0.3, -0.25) is 14.3 Å². The van der Waals surface area contributed by atoms with E-state index in [1.165, 1.54) is 0 Å². The fourth-order valence-electron chi connectivity index (χ4n) is 4.30. The Morgan fingerprint density at radius 2 is 1.80 bits per heavy atom. The highest BCUT2D eigenvalue weighted by Gasteiger charge is 2.27. The number of rotatable bonds is 5. The largest absolute Gasteiger partial charge is 0.368 e. The molecule has 1 aliphatic heterocycles. The molecule has 1 fully saturated rings. The van der Waals surface area contributed by atoms with E-state index in [1.807, 2.05) is 31.2 Å². The summed E-state index contributed by atoms with van der Waals surface area (Å²) in [7, 11) is 1.77. The van der Waals surface area contributed by atoms with Crippen LogP contribution in [0.1, 0.15) is 25.8 Å². The van der Waals surface area contributed by atoms with Gasteiger partial charge in [0.05, 0.1) is 11.7 Å². The van der Waals surface area contributed by atoms with Crippen molar-refractivity contribution in [1.29, 1.82) is 0 Å². The number of benzene rings is 1. The minimum atomic E-state index is -0.298. The summed E-state index contributed by atoms with van der Waals surface area (Å²) in [6, 6.07) is 13.3. The molecule has 10 nitrogen and oxygen atoms in total. The first-order chi connectivity index (χ1) is 16.9. The van der Waals surface area contributed by atoms with Crippen molar-refractivity contribution in [2.24, 2.45) is 12.8 Å². The van der Waals surface area contributed by atoms with Gasteiger partial charge in [-0.15, -0.1) is 0 Å². The third-order valence-corrected chi connectivity index (χ3v) is 6.29. The number of nitrogens with zero attached hydrogens (tertiary/aromatic N) is 7. The number of piperazine rings is 1. The summed E-state index contributed by atoms with van der Waals surface area (Å²) in [5.74, 6) is 1.63. The van der Waals surface area contributed by atoms with Crippen LogP contribution in [0.25, 0.3) is 22.6 Å². The van der Waals surface area contributed by atoms with Crippen molar-refractivity contribution in [1.82, 2.24) is 24.7 Å². The van der Waals surface area contributed by atoms with Crippen LogP contribution in [0, 0.1) is 0 Å². The van der Waals surface area contributed by atoms with Gasteiger partial charge in [0.25, 0.3) is 5.56 Å². The Balaban J connectivity index is 1.33. The monoisotopic (exact) mass is 472 g/mol. The second-order valence-corrected chi connectivity index (χ2v) is 8.85. The van der Waals surface area contributed by atoms with Crippen LogP contribution in [-0.2, 0) is 7.05 Å². The van der Waals surface area contributed by atoms with Crippen LogP contribution in [0.4, 0.5) is 11.6 Å². The molecule has 4 heterocycles. The van der Waals surface area contributed by atoms with Crippen molar-refractivity contribution in [3.63, 3.8) is 0 Å². The van der Waals surface area contributed by atoms with Crippen LogP contribution >= 0.6 is 0 Å². The Morgan fingerprint density at radius 1 is 1.06 bits per heavy atom. The van der Waals surface area contributed by atoms with Gasteiger partial charge in [0.2, 0.25) is 17.7 Å². The van der Waals surface area contributed by atoms with Crippen molar-refractivity contribution in [3.8, 4) is 22.6 Å². The molecule has 0 radical (unpaired) electrons. The number of nitrogens with two attached hydrogens (primary N) is 1. The van der Waals surface area contributed by atoms with Crippen LogP contribution in [-0.4, -0.2) is 50.4 Å². The molecule has 0 saturated carbocycles. The van der Waals surface area contributed by atoms with E-state index in [9.17, 15) is 4.79 Å². The molecule has 1 aliphatic rings. The first-order valence-electron chi connectivity index (χ1n) is 11.6. The lowest BCUT2D eigenvalue weighted by Crippen LogP contribution is -2.53. The SMILES string of the molecule is CC(N)c1nc(-c2ccc(N3CCN(c4nc(-c5ccncc5)cc(=O)n4C)[C@H](C)C3)cc2)no1. The maximum Gasteiger partial charge on any atom is 0.255 e. The first kappa shape index (κ1) is 22.7. The molecule has 2 N–H and O–H groups in total. The molecule has 180 valence electrons. The molecule has 5 rings (SSSR count). The number of pyridine rings is 1. The second-order valence-electron chi connectivity index (χ2n) is 8.85. The number of anilines is 2. The molecule has 10 heteroatoms. The van der Waals surface area contributed by atoms with Gasteiger partial charge >= 0.3 is 0 Å². The Kier molecular flexibility index (Phi) is 6.04. The molecule has 35 heavy (non-hydrogen) atoms. The first-order valence-corrected chi connectivity index (χ1v) is 11.6. The van der Waals surface area contributed by atoms with Crippen LogP contribution in [0.5, 0.6) is 0 Å². The Bertz CT molecular complexity index is 1360. The zero-order chi connectivity index (χ0) is 24.5. The van der Waals surface area contributed by atoms with Crippen LogP contribution in [0.2, 0.25) is 0 Å². The minimum Gasteiger partial charge on any atom is -0.368 e. The zero-order valence-corrected chi connectivity index (χ0v) is 20.0. The Morgan fingerprint density at radius 3 is 2.46 bits per heavy atom. The molecule has 0 amide bonds. The molecule has 1 saturated heterocycles. The van der Waals surface area contributed by atoms with Crippen molar-refractivity contribution in [2.75, 3.05) is 29.4 Å². The normalized spacial score (nSPS) is 17.0. The highest BCUT2D eigenvalue weighted by molar-refractivity contribution is 5.62. The molecular formula is C25H28N8O2. The van der Waals surface area contributed by atoms with E-state index in [2.05, 4.69) is 44.0 Å². The van der Waals surface area contributed by atoms with E-state index in [0.717, 1.165) is 36.4 Å². The second kappa shape index (κ2) is 9.30. The van der Waals surface area contributed by atoms with Gasteiger partial charge in [-0.2, -0.15) is 4.98 Å². The molecule has 3 aromatic heterocycles. The third-order valence-electron chi connectivity index (χ3n) is 6.29. The summed E-state index contributed by atoms with van der Waals surface area (Å²) in [6.07, 6.45) is 3.41. The van der Waals surface area contributed by atoms with E-state index in [4.69, 9.17) is 15.2 Å². The third kappa shape index (κ3) is 4.52. The molecule has 2 atom stereocenters. The van der Waals surface area contributed by atoms with Crippen LogP contribution in [0.3, 0.4) is 0 Å². The topological polar surface area (TPSA) is 119 Å². The molecule has 0 bridgehead atoms. The lowest BCUT2D eigenvalue weighted by Gasteiger charge is -2.42. The minimum absolute atomic E-state index is 0.0827. The fraction of sp³-hybridized carbons (Fsp3) is 0.320. The maximum absolute atomic E-state index is 12.7. The molecule has 0 aliphatic carbocycles. The van der Waals surface area contributed by atoms with Gasteiger partial charge in [0, 0.05) is 68.0 Å². The highest BCUT2D eigenvalue weighted by atomic mass is 16.5. The summed E-state index contributed by atoms with van der Waals surface area (Å²) in [5, 5.41) is 4.03. The summed E-state index contributed by atoms with van der Waals surface area (Å²) >= 11 is 0. The van der Waals surface area contributed by atoms with Crippen molar-refractivity contribution in [3.05, 3.63) is 71.1 Å². The smallest absolute Gasteiger partial charge is 0.255 e. The fourth-order valence-corrected chi connectivity index (χ4v) is 4.30. The van der Waals surface area contributed by atoms with Crippen molar-refractivity contribution in [2.45, 2.75) is 25.9 Å². The molecule has 1 aromatic carbocycles. The zero-order valence-electron chi connectivity index (χ0n) is 20.0. The van der Waals surface area contributed by atoms with Crippen molar-refractivity contribution >= 4 is 11.6 Å². The van der Waals surface area contributed by atoms with Gasteiger partial charge in [0.15, 0.2) is 0 Å². The summed E-state index contributed by atoms with van der Waals surface area (Å²) < 4.78 is 6.83. The van der Waals surface area contributed by atoms with E-state index in [1.54, 1.807) is 30.1 Å². The van der Waals surface area contributed by atoms with Gasteiger partial charge < -0.3 is 20.1 Å². The maximum atomic E-state index is 12.7. The Labute approximate surface area is 203 Å². The standard InChI is InChI=1S/C25H28N8O2/c1-16-15-32(20-6-4-19(5-7-20)23-29-24(17(2)26)35-30-23)12-13-33(16)25-28-21(14-22(34)31(25)3)18-8-10-27-11-9-18/h4-11,14,16-17H,12-13,15,26H2,1-3H3/t16-,17?/m1/s1. The van der Waals surface area contributed by atoms with Gasteiger partial charge in [-0.25, -0.2) is 4.98 Å².